The lowest BCUT2D eigenvalue weighted by molar-refractivity contribution is -0.137. The molecule has 1 N–H and O–H groups in total. The molecule has 0 aliphatic rings. The second-order valence-corrected chi connectivity index (χ2v) is 7.68. The van der Waals surface area contributed by atoms with Crippen molar-refractivity contribution in [1.82, 2.24) is 15.0 Å². The first kappa shape index (κ1) is 23.9. The van der Waals surface area contributed by atoms with E-state index in [2.05, 4.69) is 20.3 Å². The number of alkyl halides is 3. The van der Waals surface area contributed by atoms with Crippen LogP contribution in [0.5, 0.6) is 11.6 Å². The summed E-state index contributed by atoms with van der Waals surface area (Å²) in [6.45, 7) is 3.76. The molecule has 0 radical (unpaired) electrons. The summed E-state index contributed by atoms with van der Waals surface area (Å²) in [6.07, 6.45) is -0.540. The lowest BCUT2D eigenvalue weighted by atomic mass is 10.1. The lowest BCUT2D eigenvalue weighted by Crippen LogP contribution is -2.14. The average molecular weight is 478 g/mol. The molecule has 2 aromatic heterocycles. The van der Waals surface area contributed by atoms with Gasteiger partial charge in [0.2, 0.25) is 5.88 Å². The number of hydrogen-bond acceptors (Lipinski definition) is 5. The van der Waals surface area contributed by atoms with Crippen molar-refractivity contribution in [3.63, 3.8) is 0 Å². The number of amides is 1. The van der Waals surface area contributed by atoms with E-state index in [9.17, 15) is 18.0 Å². The summed E-state index contributed by atoms with van der Waals surface area (Å²) >= 11 is 0. The summed E-state index contributed by atoms with van der Waals surface area (Å²) in [7, 11) is 0. The van der Waals surface area contributed by atoms with E-state index in [0.29, 0.717) is 46.4 Å². The highest BCUT2D eigenvalue weighted by Crippen LogP contribution is 2.33. The fourth-order valence-electron chi connectivity index (χ4n) is 3.37. The highest BCUT2D eigenvalue weighted by molar-refractivity contribution is 6.04. The van der Waals surface area contributed by atoms with E-state index in [1.165, 1.54) is 12.1 Å². The van der Waals surface area contributed by atoms with Gasteiger partial charge in [0, 0.05) is 30.1 Å². The van der Waals surface area contributed by atoms with Gasteiger partial charge >= 0.3 is 6.18 Å². The maximum atomic E-state index is 13.0. The van der Waals surface area contributed by atoms with Crippen LogP contribution < -0.4 is 10.1 Å². The second-order valence-electron chi connectivity index (χ2n) is 7.68. The zero-order valence-corrected chi connectivity index (χ0v) is 18.9. The van der Waals surface area contributed by atoms with Gasteiger partial charge in [-0.2, -0.15) is 13.2 Å². The van der Waals surface area contributed by atoms with Crippen LogP contribution in [0.1, 0.15) is 34.2 Å². The van der Waals surface area contributed by atoms with Crippen molar-refractivity contribution in [3.05, 3.63) is 95.6 Å². The van der Waals surface area contributed by atoms with Crippen LogP contribution in [0.3, 0.4) is 0 Å². The van der Waals surface area contributed by atoms with Gasteiger partial charge in [-0.05, 0) is 67.1 Å². The van der Waals surface area contributed by atoms with E-state index in [4.69, 9.17) is 4.74 Å². The van der Waals surface area contributed by atoms with Crippen molar-refractivity contribution in [2.75, 3.05) is 5.32 Å². The van der Waals surface area contributed by atoms with Crippen LogP contribution in [0.15, 0.2) is 73.1 Å². The van der Waals surface area contributed by atoms with Crippen molar-refractivity contribution in [2.45, 2.75) is 26.4 Å². The molecule has 4 rings (SSSR count). The first-order valence-corrected chi connectivity index (χ1v) is 10.8. The molecule has 1 amide bonds. The third-order valence-corrected chi connectivity index (χ3v) is 5.16. The zero-order valence-electron chi connectivity index (χ0n) is 18.9. The predicted octanol–water partition coefficient (Wildman–Crippen LogP) is 6.47. The maximum absolute atomic E-state index is 13.0. The van der Waals surface area contributed by atoms with Crippen LogP contribution in [0.2, 0.25) is 0 Å². The molecule has 6 nitrogen and oxygen atoms in total. The van der Waals surface area contributed by atoms with Gasteiger partial charge in [0.15, 0.2) is 0 Å². The molecular weight excluding hydrogens is 457 g/mol. The number of pyridine rings is 1. The fraction of sp³-hybridized carbons (Fsp3) is 0.154. The van der Waals surface area contributed by atoms with E-state index < -0.39 is 17.6 Å². The minimum atomic E-state index is -4.53. The van der Waals surface area contributed by atoms with Crippen LogP contribution in [-0.2, 0) is 12.6 Å². The number of anilines is 1. The number of carbonyl (C=O) groups is 1. The van der Waals surface area contributed by atoms with Crippen LogP contribution in [0, 0.1) is 6.92 Å². The van der Waals surface area contributed by atoms with Crippen LogP contribution >= 0.6 is 0 Å². The van der Waals surface area contributed by atoms with Crippen molar-refractivity contribution < 1.29 is 22.7 Å². The molecule has 2 heterocycles. The normalized spacial score (nSPS) is 11.2. The molecule has 0 bridgehead atoms. The Morgan fingerprint density at radius 1 is 1.00 bits per heavy atom. The molecule has 0 aliphatic carbocycles. The number of nitrogens with zero attached hydrogens (tertiary/aromatic N) is 3. The SMILES string of the molecule is CCc1nccc(-c2cccnc2Oc2ccc(NC(=O)c3cccc(C(F)(F)F)c3)cc2C)n1. The van der Waals surface area contributed by atoms with Crippen molar-refractivity contribution >= 4 is 11.6 Å². The summed E-state index contributed by atoms with van der Waals surface area (Å²) in [5.74, 6) is 0.921. The maximum Gasteiger partial charge on any atom is 0.416 e. The fourth-order valence-corrected chi connectivity index (χ4v) is 3.37. The summed E-state index contributed by atoms with van der Waals surface area (Å²) < 4.78 is 44.9. The van der Waals surface area contributed by atoms with E-state index >= 15 is 0 Å². The minimum Gasteiger partial charge on any atom is -0.438 e. The Kier molecular flexibility index (Phi) is 6.77. The van der Waals surface area contributed by atoms with Gasteiger partial charge in [-0.3, -0.25) is 4.79 Å². The van der Waals surface area contributed by atoms with Gasteiger partial charge in [-0.15, -0.1) is 0 Å². The molecule has 35 heavy (non-hydrogen) atoms. The number of nitrogens with one attached hydrogen (secondary N) is 1. The summed E-state index contributed by atoms with van der Waals surface area (Å²) in [5, 5.41) is 2.62. The van der Waals surface area contributed by atoms with Crippen LogP contribution in [-0.4, -0.2) is 20.9 Å². The minimum absolute atomic E-state index is 0.0905. The Morgan fingerprint density at radius 3 is 2.57 bits per heavy atom. The molecular formula is C26H21F3N4O2. The molecule has 178 valence electrons. The zero-order chi connectivity index (χ0) is 25.0. The largest absolute Gasteiger partial charge is 0.438 e. The monoisotopic (exact) mass is 478 g/mol. The first-order chi connectivity index (χ1) is 16.7. The first-order valence-electron chi connectivity index (χ1n) is 10.8. The Balaban J connectivity index is 1.54. The Bertz CT molecular complexity index is 1370. The summed E-state index contributed by atoms with van der Waals surface area (Å²) in [6, 6.07) is 14.6. The summed E-state index contributed by atoms with van der Waals surface area (Å²) in [4.78, 5) is 25.6. The molecule has 0 unspecified atom stereocenters. The topological polar surface area (TPSA) is 77.0 Å². The molecule has 9 heteroatoms. The molecule has 0 fully saturated rings. The quantitative estimate of drug-likeness (QED) is 0.344. The summed E-state index contributed by atoms with van der Waals surface area (Å²) in [5.41, 5.74) is 1.52. The Labute approximate surface area is 199 Å². The third kappa shape index (κ3) is 5.63. The molecule has 0 atom stereocenters. The number of carbonyl (C=O) groups excluding carboxylic acids is 1. The highest BCUT2D eigenvalue weighted by atomic mass is 19.4. The van der Waals surface area contributed by atoms with Crippen molar-refractivity contribution in [2.24, 2.45) is 0 Å². The molecule has 0 saturated heterocycles. The molecule has 0 aliphatic heterocycles. The van der Waals surface area contributed by atoms with Gasteiger partial charge in [0.1, 0.15) is 11.6 Å². The smallest absolute Gasteiger partial charge is 0.416 e. The van der Waals surface area contributed by atoms with Gasteiger partial charge in [0.25, 0.3) is 5.91 Å². The number of halogens is 3. The Hall–Kier alpha value is -4.27. The molecule has 4 aromatic rings. The number of aromatic nitrogens is 3. The number of hydrogen-bond donors (Lipinski definition) is 1. The Morgan fingerprint density at radius 2 is 1.83 bits per heavy atom. The van der Waals surface area contributed by atoms with Crippen molar-refractivity contribution in [1.29, 1.82) is 0 Å². The third-order valence-electron chi connectivity index (χ3n) is 5.16. The molecule has 0 spiro atoms. The average Bonchev–Trinajstić information content (AvgIpc) is 2.85. The number of ether oxygens (including phenoxy) is 1. The van der Waals surface area contributed by atoms with E-state index in [1.54, 1.807) is 49.6 Å². The van der Waals surface area contributed by atoms with E-state index in [1.807, 2.05) is 13.0 Å². The standard InChI is InChI=1S/C26H21F3N4O2/c1-3-23-30-13-11-21(33-23)20-8-5-12-31-25(20)35-22-10-9-19(14-16(22)2)32-24(34)17-6-4-7-18(15-17)26(27,28)29/h4-15H,3H2,1-2H3,(H,32,34). The molecule has 2 aromatic carbocycles. The molecule has 0 saturated carbocycles. The van der Waals surface area contributed by atoms with Gasteiger partial charge in [-0.25, -0.2) is 15.0 Å². The number of aryl methyl sites for hydroxylation is 2. The van der Waals surface area contributed by atoms with Crippen molar-refractivity contribution in [3.8, 4) is 22.9 Å². The second kappa shape index (κ2) is 9.92. The number of rotatable bonds is 6. The van der Waals surface area contributed by atoms with E-state index in [-0.39, 0.29) is 5.56 Å². The van der Waals surface area contributed by atoms with Crippen LogP contribution in [0.25, 0.3) is 11.3 Å². The lowest BCUT2D eigenvalue weighted by Gasteiger charge is -2.13. The van der Waals surface area contributed by atoms with Crippen LogP contribution in [0.4, 0.5) is 18.9 Å². The predicted molar refractivity (Wildman–Crippen MR) is 125 cm³/mol. The van der Waals surface area contributed by atoms with Gasteiger partial charge in [-0.1, -0.05) is 13.0 Å². The van der Waals surface area contributed by atoms with Gasteiger partial charge in [0.05, 0.1) is 16.8 Å². The number of benzene rings is 2. The highest BCUT2D eigenvalue weighted by Gasteiger charge is 2.30. The van der Waals surface area contributed by atoms with Gasteiger partial charge < -0.3 is 10.1 Å². The van der Waals surface area contributed by atoms with E-state index in [0.717, 1.165) is 12.1 Å².